The van der Waals surface area contributed by atoms with Crippen LogP contribution in [-0.2, 0) is 14.1 Å². The highest BCUT2D eigenvalue weighted by Gasteiger charge is 2.20. The summed E-state index contributed by atoms with van der Waals surface area (Å²) in [5, 5.41) is 23.0. The van der Waals surface area contributed by atoms with Gasteiger partial charge in [0.15, 0.2) is 5.01 Å². The Bertz CT molecular complexity index is 1030. The lowest BCUT2D eigenvalue weighted by Gasteiger charge is -1.98. The minimum absolute atomic E-state index is 0.699. The largest absolute Gasteiger partial charge is 0.272 e. The molecule has 4 rings (SSSR count). The van der Waals surface area contributed by atoms with Crippen molar-refractivity contribution in [2.75, 3.05) is 0 Å². The van der Waals surface area contributed by atoms with Gasteiger partial charge in [-0.05, 0) is 26.8 Å². The molecule has 8 nitrogen and oxygen atoms in total. The van der Waals surface area contributed by atoms with Gasteiger partial charge in [-0.2, -0.15) is 19.8 Å². The van der Waals surface area contributed by atoms with E-state index in [9.17, 15) is 0 Å². The fraction of sp³-hybridized carbons (Fsp3) is 0.357. The van der Waals surface area contributed by atoms with Crippen molar-refractivity contribution in [1.29, 1.82) is 0 Å². The Balaban J connectivity index is 1.92. The Morgan fingerprint density at radius 2 is 1.74 bits per heavy atom. The molecule has 0 aliphatic rings. The van der Waals surface area contributed by atoms with Crippen LogP contribution in [0.4, 0.5) is 0 Å². The monoisotopic (exact) mass is 328 g/mol. The summed E-state index contributed by atoms with van der Waals surface area (Å²) < 4.78 is 5.45. The molecule has 0 saturated heterocycles. The van der Waals surface area contributed by atoms with Crippen molar-refractivity contribution in [3.05, 3.63) is 23.1 Å². The molecule has 0 spiro atoms. The summed E-state index contributed by atoms with van der Waals surface area (Å²) >= 11 is 1.52. The zero-order chi connectivity index (χ0) is 16.3. The van der Waals surface area contributed by atoms with E-state index in [2.05, 4.69) is 20.4 Å². The lowest BCUT2D eigenvalue weighted by atomic mass is 10.2. The highest BCUT2D eigenvalue weighted by Crippen LogP contribution is 2.31. The van der Waals surface area contributed by atoms with Gasteiger partial charge in [0.1, 0.15) is 5.69 Å². The summed E-state index contributed by atoms with van der Waals surface area (Å²) in [5.74, 6) is 0.699. The molecule has 0 amide bonds. The van der Waals surface area contributed by atoms with Crippen molar-refractivity contribution in [3.8, 4) is 22.1 Å². The van der Waals surface area contributed by atoms with E-state index in [0.717, 1.165) is 38.3 Å². The van der Waals surface area contributed by atoms with Gasteiger partial charge in [-0.3, -0.25) is 9.36 Å². The lowest BCUT2D eigenvalue weighted by Crippen LogP contribution is -1.98. The smallest absolute Gasteiger partial charge is 0.235 e. The predicted molar refractivity (Wildman–Crippen MR) is 87.3 cm³/mol. The third-order valence-electron chi connectivity index (χ3n) is 3.94. The molecule has 0 fully saturated rings. The van der Waals surface area contributed by atoms with Crippen LogP contribution in [0.15, 0.2) is 6.07 Å². The van der Waals surface area contributed by atoms with Crippen LogP contribution in [0.3, 0.4) is 0 Å². The maximum atomic E-state index is 4.72. The average molecular weight is 328 g/mol. The second-order valence-corrected chi connectivity index (χ2v) is 6.55. The maximum absolute atomic E-state index is 4.72. The third-order valence-corrected chi connectivity index (χ3v) is 4.86. The fourth-order valence-corrected chi connectivity index (χ4v) is 3.77. The molecule has 0 unspecified atom stereocenters. The SMILES string of the molecule is Cc1cc(-c2nnc3sc(-c4c(C)nn(C)c4C)nn23)n(C)n1. The molecule has 0 aliphatic heterocycles. The molecule has 9 heteroatoms. The van der Waals surface area contributed by atoms with Gasteiger partial charge in [0.25, 0.3) is 0 Å². The summed E-state index contributed by atoms with van der Waals surface area (Å²) in [7, 11) is 3.84. The highest BCUT2D eigenvalue weighted by atomic mass is 32.1. The number of nitrogens with zero attached hydrogens (tertiary/aromatic N) is 8. The Morgan fingerprint density at radius 3 is 2.35 bits per heavy atom. The summed E-state index contributed by atoms with van der Waals surface area (Å²) in [6, 6.07) is 1.98. The number of hydrogen-bond donors (Lipinski definition) is 0. The number of fused-ring (bicyclic) bond motifs is 1. The Hall–Kier alpha value is -2.55. The molecule has 0 radical (unpaired) electrons. The van der Waals surface area contributed by atoms with Gasteiger partial charge in [0.2, 0.25) is 10.8 Å². The van der Waals surface area contributed by atoms with E-state index < -0.39 is 0 Å². The van der Waals surface area contributed by atoms with E-state index >= 15 is 0 Å². The topological polar surface area (TPSA) is 78.7 Å². The van der Waals surface area contributed by atoms with Crippen molar-refractivity contribution in [1.82, 2.24) is 39.4 Å². The molecule has 0 atom stereocenters. The van der Waals surface area contributed by atoms with Crippen LogP contribution < -0.4 is 0 Å². The fourth-order valence-electron chi connectivity index (χ4n) is 2.78. The standard InChI is InChI=1S/C14H16N8S/c1-7-6-10(21(5)17-7)12-15-16-14-22(12)19-13(23-14)11-8(2)18-20(4)9(11)3/h6H,1-5H3. The summed E-state index contributed by atoms with van der Waals surface area (Å²) in [6.45, 7) is 6.00. The minimum atomic E-state index is 0.699. The second kappa shape index (κ2) is 4.72. The number of aryl methyl sites for hydroxylation is 4. The maximum Gasteiger partial charge on any atom is 0.235 e. The lowest BCUT2D eigenvalue weighted by molar-refractivity contribution is 0.731. The van der Waals surface area contributed by atoms with Gasteiger partial charge in [-0.15, -0.1) is 10.2 Å². The van der Waals surface area contributed by atoms with Crippen LogP contribution in [-0.4, -0.2) is 39.4 Å². The molecular formula is C14H16N8S. The van der Waals surface area contributed by atoms with Crippen molar-refractivity contribution in [2.45, 2.75) is 20.8 Å². The van der Waals surface area contributed by atoms with Gasteiger partial charge < -0.3 is 0 Å². The molecule has 118 valence electrons. The van der Waals surface area contributed by atoms with Crippen LogP contribution in [0.25, 0.3) is 27.1 Å². The van der Waals surface area contributed by atoms with E-state index in [0.29, 0.717) is 5.82 Å². The number of rotatable bonds is 2. The average Bonchev–Trinajstić information content (AvgIpc) is 3.17. The molecule has 0 aliphatic carbocycles. The van der Waals surface area contributed by atoms with Crippen LogP contribution >= 0.6 is 11.3 Å². The van der Waals surface area contributed by atoms with Gasteiger partial charge in [-0.1, -0.05) is 11.3 Å². The number of hydrogen-bond acceptors (Lipinski definition) is 6. The normalized spacial score (nSPS) is 11.7. The first-order chi connectivity index (χ1) is 11.0. The number of aromatic nitrogens is 8. The molecule has 0 bridgehead atoms. The van der Waals surface area contributed by atoms with Crippen LogP contribution in [0.5, 0.6) is 0 Å². The van der Waals surface area contributed by atoms with E-state index in [1.807, 2.05) is 45.6 Å². The molecule has 23 heavy (non-hydrogen) atoms. The summed E-state index contributed by atoms with van der Waals surface area (Å²) in [4.78, 5) is 0.761. The van der Waals surface area contributed by atoms with E-state index in [1.165, 1.54) is 11.3 Å². The summed E-state index contributed by atoms with van der Waals surface area (Å²) in [5.41, 5.74) is 4.95. The first-order valence-electron chi connectivity index (χ1n) is 7.19. The van der Waals surface area contributed by atoms with Crippen molar-refractivity contribution >= 4 is 16.3 Å². The first kappa shape index (κ1) is 14.1. The molecule has 4 aromatic rings. The van der Waals surface area contributed by atoms with Crippen molar-refractivity contribution in [3.63, 3.8) is 0 Å². The zero-order valence-corrected chi connectivity index (χ0v) is 14.4. The van der Waals surface area contributed by atoms with Crippen LogP contribution in [0.2, 0.25) is 0 Å². The molecule has 0 aromatic carbocycles. The van der Waals surface area contributed by atoms with Crippen molar-refractivity contribution in [2.24, 2.45) is 14.1 Å². The van der Waals surface area contributed by atoms with Gasteiger partial charge in [0, 0.05) is 19.8 Å². The second-order valence-electron chi connectivity index (χ2n) is 5.59. The third kappa shape index (κ3) is 2.00. The predicted octanol–water partition coefficient (Wildman–Crippen LogP) is 1.91. The van der Waals surface area contributed by atoms with E-state index in [-0.39, 0.29) is 0 Å². The molecular weight excluding hydrogens is 312 g/mol. The molecule has 0 N–H and O–H groups in total. The van der Waals surface area contributed by atoms with E-state index in [4.69, 9.17) is 5.10 Å². The first-order valence-corrected chi connectivity index (χ1v) is 8.01. The van der Waals surface area contributed by atoms with Gasteiger partial charge >= 0.3 is 0 Å². The van der Waals surface area contributed by atoms with Crippen LogP contribution in [0.1, 0.15) is 17.1 Å². The quantitative estimate of drug-likeness (QED) is 0.562. The minimum Gasteiger partial charge on any atom is -0.272 e. The highest BCUT2D eigenvalue weighted by molar-refractivity contribution is 7.19. The Kier molecular flexibility index (Phi) is 2.89. The van der Waals surface area contributed by atoms with Crippen molar-refractivity contribution < 1.29 is 0 Å². The Morgan fingerprint density at radius 1 is 0.957 bits per heavy atom. The van der Waals surface area contributed by atoms with Gasteiger partial charge in [0.05, 0.1) is 17.0 Å². The molecule has 4 heterocycles. The summed E-state index contributed by atoms with van der Waals surface area (Å²) in [6.07, 6.45) is 0. The van der Waals surface area contributed by atoms with Gasteiger partial charge in [-0.25, -0.2) is 0 Å². The van der Waals surface area contributed by atoms with Crippen LogP contribution in [0, 0.1) is 20.8 Å². The molecule has 0 saturated carbocycles. The molecule has 4 aromatic heterocycles. The Labute approximate surface area is 136 Å². The van der Waals surface area contributed by atoms with E-state index in [1.54, 1.807) is 9.20 Å². The zero-order valence-electron chi connectivity index (χ0n) is 13.6.